The van der Waals surface area contributed by atoms with Crippen LogP contribution in [0.25, 0.3) is 11.3 Å². The third-order valence-electron chi connectivity index (χ3n) is 12.8. The topological polar surface area (TPSA) is 172 Å². The van der Waals surface area contributed by atoms with Gasteiger partial charge in [-0.2, -0.15) is 0 Å². The minimum Gasteiger partial charge on any atom is -0.458 e. The normalized spacial score (nSPS) is 36.7. The van der Waals surface area contributed by atoms with Crippen molar-refractivity contribution in [2.75, 3.05) is 27.7 Å². The number of carbonyl (C=O) groups excluding carboxylic acids is 4. The molecule has 58 heavy (non-hydrogen) atoms. The summed E-state index contributed by atoms with van der Waals surface area (Å²) < 4.78 is 33.2. The summed E-state index contributed by atoms with van der Waals surface area (Å²) in [5.41, 5.74) is -0.938. The average molecular weight is 812 g/mol. The number of hydrogen-bond donors (Lipinski definition) is 1. The van der Waals surface area contributed by atoms with Crippen molar-refractivity contribution in [1.29, 1.82) is 0 Å². The fraction of sp³-hybridized carbons (Fsp3) is 0.721. The number of unbranched alkanes of at least 4 members (excludes halogenated alkanes) is 1. The standard InChI is InChI=1S/C43H65N5O10/c1-12-33-43(8)37(48(41(53)58-43)19-14-13-18-47-23-31(45-24-47)30-16-15-17-44-22-30)27(4)34(49)25(2)21-42(7,54-11)38(28(5)35(50)29(6)39(52)56-33)57-40-36(51)32(46(9)10)20-26(3)55-40/h15-17,22-29,32-33,36-38,40,51H,12-14,18-21H2,1-11H3/t25-,26-,27+,28+,29-,32+,33+,36+,37-,38-,40+,42+,43-/m1/s1. The van der Waals surface area contributed by atoms with Crippen LogP contribution in [0.3, 0.4) is 0 Å². The first-order valence-electron chi connectivity index (χ1n) is 20.8. The van der Waals surface area contributed by atoms with Gasteiger partial charge in [-0.3, -0.25) is 19.4 Å². The maximum atomic E-state index is 14.7. The first-order valence-corrected chi connectivity index (χ1v) is 20.8. The van der Waals surface area contributed by atoms with Crippen LogP contribution in [0, 0.1) is 23.7 Å². The van der Waals surface area contributed by atoms with Crippen molar-refractivity contribution in [3.63, 3.8) is 0 Å². The number of carbonyl (C=O) groups is 4. The number of rotatable bonds is 11. The highest BCUT2D eigenvalue weighted by Crippen LogP contribution is 2.43. The van der Waals surface area contributed by atoms with Gasteiger partial charge in [0.1, 0.15) is 23.9 Å². The van der Waals surface area contributed by atoms with E-state index in [0.717, 1.165) is 11.3 Å². The van der Waals surface area contributed by atoms with Crippen molar-refractivity contribution in [3.8, 4) is 11.3 Å². The van der Waals surface area contributed by atoms with E-state index in [1.165, 1.54) is 14.0 Å². The number of methoxy groups -OCH3 is 1. The number of Topliss-reactive ketones (excluding diaryl/α,β-unsaturated/α-hetero) is 2. The molecular weight excluding hydrogens is 746 g/mol. The summed E-state index contributed by atoms with van der Waals surface area (Å²) in [6.07, 6.45) is 4.45. The van der Waals surface area contributed by atoms with Gasteiger partial charge in [-0.1, -0.05) is 27.7 Å². The van der Waals surface area contributed by atoms with Gasteiger partial charge in [0.25, 0.3) is 0 Å². The van der Waals surface area contributed by atoms with Crippen LogP contribution in [0.4, 0.5) is 4.79 Å². The van der Waals surface area contributed by atoms with Gasteiger partial charge >= 0.3 is 12.1 Å². The fourth-order valence-corrected chi connectivity index (χ4v) is 9.43. The lowest BCUT2D eigenvalue weighted by Crippen LogP contribution is -2.60. The molecule has 5 heterocycles. The molecule has 13 atom stereocenters. The molecule has 0 bridgehead atoms. The smallest absolute Gasteiger partial charge is 0.410 e. The number of aromatic nitrogens is 3. The molecule has 322 valence electrons. The molecule has 2 aromatic heterocycles. The Morgan fingerprint density at radius 2 is 1.72 bits per heavy atom. The Bertz CT molecular complexity index is 1740. The fourth-order valence-electron chi connectivity index (χ4n) is 9.43. The van der Waals surface area contributed by atoms with Crippen LogP contribution >= 0.6 is 0 Å². The molecule has 0 aliphatic carbocycles. The number of pyridine rings is 1. The maximum Gasteiger partial charge on any atom is 0.410 e. The zero-order valence-corrected chi connectivity index (χ0v) is 36.1. The molecule has 0 saturated carbocycles. The Balaban J connectivity index is 1.43. The average Bonchev–Trinajstić information content (AvgIpc) is 3.78. The van der Waals surface area contributed by atoms with Gasteiger partial charge in [0, 0.05) is 68.1 Å². The van der Waals surface area contributed by atoms with E-state index in [1.807, 2.05) is 62.7 Å². The third kappa shape index (κ3) is 9.33. The van der Waals surface area contributed by atoms with Crippen molar-refractivity contribution < 1.29 is 48.0 Å². The zero-order valence-electron chi connectivity index (χ0n) is 36.1. The summed E-state index contributed by atoms with van der Waals surface area (Å²) in [4.78, 5) is 69.0. The van der Waals surface area contributed by atoms with Gasteiger partial charge < -0.3 is 43.2 Å². The first kappa shape index (κ1) is 45.3. The number of hydrogen-bond acceptors (Lipinski definition) is 13. The van der Waals surface area contributed by atoms with E-state index in [1.54, 1.807) is 51.3 Å². The molecular formula is C43H65N5O10. The third-order valence-corrected chi connectivity index (χ3v) is 12.8. The summed E-state index contributed by atoms with van der Waals surface area (Å²) in [7, 11) is 5.24. The molecule has 3 fully saturated rings. The van der Waals surface area contributed by atoms with E-state index < -0.39 is 83.4 Å². The van der Waals surface area contributed by atoms with Crippen LogP contribution in [0.1, 0.15) is 87.5 Å². The Hall–Kier alpha value is -3.76. The van der Waals surface area contributed by atoms with Crippen molar-refractivity contribution in [3.05, 3.63) is 37.1 Å². The monoisotopic (exact) mass is 811 g/mol. The maximum absolute atomic E-state index is 14.7. The van der Waals surface area contributed by atoms with Crippen molar-refractivity contribution in [2.24, 2.45) is 23.7 Å². The molecule has 0 unspecified atom stereocenters. The summed E-state index contributed by atoms with van der Waals surface area (Å²) in [5.74, 6) is -4.95. The Kier molecular flexibility index (Phi) is 14.6. The number of aliphatic hydroxyl groups excluding tert-OH is 1. The van der Waals surface area contributed by atoms with Gasteiger partial charge in [-0.05, 0) is 86.0 Å². The second-order valence-corrected chi connectivity index (χ2v) is 17.3. The summed E-state index contributed by atoms with van der Waals surface area (Å²) in [6.45, 7) is 14.9. The molecule has 3 saturated heterocycles. The van der Waals surface area contributed by atoms with Crippen LogP contribution in [0.5, 0.6) is 0 Å². The van der Waals surface area contributed by atoms with Gasteiger partial charge in [0.15, 0.2) is 17.7 Å². The van der Waals surface area contributed by atoms with Crippen molar-refractivity contribution >= 4 is 23.6 Å². The number of aryl methyl sites for hydroxylation is 1. The molecule has 1 amide bonds. The van der Waals surface area contributed by atoms with Crippen LogP contribution < -0.4 is 0 Å². The second kappa shape index (κ2) is 18.7. The molecule has 5 rings (SSSR count). The van der Waals surface area contributed by atoms with E-state index in [2.05, 4.69) is 9.97 Å². The number of ether oxygens (including phenoxy) is 5. The molecule has 15 nitrogen and oxygen atoms in total. The minimum absolute atomic E-state index is 0.130. The predicted molar refractivity (Wildman–Crippen MR) is 214 cm³/mol. The molecule has 0 spiro atoms. The zero-order chi connectivity index (χ0) is 42.7. The SMILES string of the molecule is CC[C@@H]1OC(=O)[C@H](C)C(=O)[C@H](C)[C@@H](O[C@@H]2O[C@H](C)C[C@H](N(C)C)[C@@H]2O)[C@@](C)(OC)C[C@@H](C)C(=O)[C@H](C)[C@H]2N(CCCCn3cnc(-c4cccnc4)c3)C(=O)O[C@]12C. The molecule has 3 aliphatic rings. The number of imidazole rings is 1. The summed E-state index contributed by atoms with van der Waals surface area (Å²) >= 11 is 0. The highest BCUT2D eigenvalue weighted by molar-refractivity contribution is 6.00. The van der Waals surface area contributed by atoms with E-state index in [4.69, 9.17) is 23.7 Å². The van der Waals surface area contributed by atoms with E-state index in [0.29, 0.717) is 32.4 Å². The van der Waals surface area contributed by atoms with E-state index in [9.17, 15) is 24.3 Å². The Labute approximate surface area is 343 Å². The number of cyclic esters (lactones) is 1. The summed E-state index contributed by atoms with van der Waals surface area (Å²) in [5, 5.41) is 11.4. The van der Waals surface area contributed by atoms with Crippen LogP contribution in [0.15, 0.2) is 37.1 Å². The van der Waals surface area contributed by atoms with E-state index >= 15 is 0 Å². The van der Waals surface area contributed by atoms with Crippen LogP contribution in [0.2, 0.25) is 0 Å². The lowest BCUT2D eigenvalue weighted by Gasteiger charge is -2.47. The number of likely N-dealkylation sites (N-methyl/N-ethyl adjacent to an activating group) is 1. The van der Waals surface area contributed by atoms with Gasteiger partial charge in [0.05, 0.1) is 35.9 Å². The highest BCUT2D eigenvalue weighted by Gasteiger charge is 2.60. The predicted octanol–water partition coefficient (Wildman–Crippen LogP) is 4.93. The lowest BCUT2D eigenvalue weighted by molar-refractivity contribution is -0.295. The van der Waals surface area contributed by atoms with Gasteiger partial charge in [-0.15, -0.1) is 0 Å². The number of esters is 1. The summed E-state index contributed by atoms with van der Waals surface area (Å²) in [6, 6.07) is 2.74. The molecule has 1 N–H and O–H groups in total. The Morgan fingerprint density at radius 1 is 1.02 bits per heavy atom. The molecule has 15 heteroatoms. The number of aliphatic hydroxyl groups is 1. The Morgan fingerprint density at radius 3 is 2.36 bits per heavy atom. The number of fused-ring (bicyclic) bond motifs is 1. The molecule has 3 aliphatic heterocycles. The van der Waals surface area contributed by atoms with Gasteiger partial charge in [0.2, 0.25) is 0 Å². The number of amides is 1. The lowest BCUT2D eigenvalue weighted by atomic mass is 9.73. The second-order valence-electron chi connectivity index (χ2n) is 17.3. The number of ketones is 2. The number of nitrogens with zero attached hydrogens (tertiary/aromatic N) is 5. The van der Waals surface area contributed by atoms with Gasteiger partial charge in [-0.25, -0.2) is 9.78 Å². The van der Waals surface area contributed by atoms with Crippen molar-refractivity contribution in [2.45, 2.75) is 148 Å². The molecule has 0 aromatic carbocycles. The van der Waals surface area contributed by atoms with Crippen LogP contribution in [-0.4, -0.2) is 135 Å². The molecule has 2 aromatic rings. The minimum atomic E-state index is -1.40. The quantitative estimate of drug-likeness (QED) is 0.184. The molecule has 0 radical (unpaired) electrons. The van der Waals surface area contributed by atoms with E-state index in [-0.39, 0.29) is 30.8 Å². The van der Waals surface area contributed by atoms with Crippen LogP contribution in [-0.2, 0) is 44.6 Å². The largest absolute Gasteiger partial charge is 0.458 e. The van der Waals surface area contributed by atoms with Crippen molar-refractivity contribution in [1.82, 2.24) is 24.3 Å². The highest BCUT2D eigenvalue weighted by atomic mass is 16.7. The first-order chi connectivity index (χ1) is 27.4.